The van der Waals surface area contributed by atoms with Crippen LogP contribution in [0, 0.1) is 6.92 Å². The molecule has 2 aromatic rings. The molecule has 0 aliphatic carbocycles. The number of hydrogen-bond donors (Lipinski definition) is 2. The molecule has 7 heteroatoms. The number of thioether (sulfide) groups is 1. The zero-order valence-corrected chi connectivity index (χ0v) is 12.7. The van der Waals surface area contributed by atoms with E-state index in [4.69, 9.17) is 5.11 Å². The molecule has 0 saturated carbocycles. The summed E-state index contributed by atoms with van der Waals surface area (Å²) < 4.78 is 1.78. The fourth-order valence-electron chi connectivity index (χ4n) is 2.02. The van der Waals surface area contributed by atoms with Gasteiger partial charge in [0, 0.05) is 0 Å². The number of aromatic nitrogens is 3. The fourth-order valence-corrected chi connectivity index (χ4v) is 2.78. The van der Waals surface area contributed by atoms with Gasteiger partial charge in [0.1, 0.15) is 6.61 Å². The highest BCUT2D eigenvalue weighted by Gasteiger charge is 2.19. The Morgan fingerprint density at radius 1 is 1.33 bits per heavy atom. The SMILES string of the molecule is Cc1ccc(C(C)n2c(CO)nnc2SCC(=O)O)cc1. The number of hydrogen-bond acceptors (Lipinski definition) is 5. The minimum atomic E-state index is -0.914. The van der Waals surface area contributed by atoms with Crippen molar-refractivity contribution >= 4 is 17.7 Å². The summed E-state index contributed by atoms with van der Waals surface area (Å²) in [6, 6.07) is 7.95. The molecule has 2 rings (SSSR count). The summed E-state index contributed by atoms with van der Waals surface area (Å²) in [6.45, 7) is 3.75. The quantitative estimate of drug-likeness (QED) is 0.792. The van der Waals surface area contributed by atoms with E-state index < -0.39 is 5.97 Å². The Kier molecular flexibility index (Phi) is 4.98. The maximum absolute atomic E-state index is 10.7. The molecular weight excluding hydrogens is 290 g/mol. The van der Waals surface area contributed by atoms with E-state index in [-0.39, 0.29) is 18.4 Å². The molecule has 6 nitrogen and oxygen atoms in total. The summed E-state index contributed by atoms with van der Waals surface area (Å²) in [4.78, 5) is 10.7. The lowest BCUT2D eigenvalue weighted by Gasteiger charge is -2.17. The van der Waals surface area contributed by atoms with Crippen molar-refractivity contribution in [1.29, 1.82) is 0 Å². The Balaban J connectivity index is 2.33. The Bertz CT molecular complexity index is 625. The Hall–Kier alpha value is -1.86. The smallest absolute Gasteiger partial charge is 0.313 e. The van der Waals surface area contributed by atoms with Gasteiger partial charge in [0.05, 0.1) is 11.8 Å². The van der Waals surface area contributed by atoms with Gasteiger partial charge in [0.25, 0.3) is 0 Å². The maximum atomic E-state index is 10.7. The molecule has 112 valence electrons. The van der Waals surface area contributed by atoms with Crippen LogP contribution in [0.4, 0.5) is 0 Å². The number of aryl methyl sites for hydroxylation is 1. The standard InChI is InChI=1S/C14H17N3O3S/c1-9-3-5-11(6-4-9)10(2)17-12(7-18)15-16-14(17)21-8-13(19)20/h3-6,10,18H,7-8H2,1-2H3,(H,19,20). The first-order valence-electron chi connectivity index (χ1n) is 6.48. The number of rotatable bonds is 6. The molecule has 0 fully saturated rings. The summed E-state index contributed by atoms with van der Waals surface area (Å²) in [6.07, 6.45) is 0. The number of carbonyl (C=O) groups is 1. The van der Waals surface area contributed by atoms with Gasteiger partial charge in [-0.15, -0.1) is 10.2 Å². The van der Waals surface area contributed by atoms with Crippen molar-refractivity contribution in [2.24, 2.45) is 0 Å². The first-order valence-corrected chi connectivity index (χ1v) is 7.47. The van der Waals surface area contributed by atoms with Gasteiger partial charge in [-0.2, -0.15) is 0 Å². The average molecular weight is 307 g/mol. The van der Waals surface area contributed by atoms with Crippen molar-refractivity contribution in [3.05, 3.63) is 41.2 Å². The number of aliphatic hydroxyl groups is 1. The first-order chi connectivity index (χ1) is 10.0. The second kappa shape index (κ2) is 6.73. The molecule has 21 heavy (non-hydrogen) atoms. The van der Waals surface area contributed by atoms with Gasteiger partial charge in [-0.25, -0.2) is 0 Å². The molecule has 0 radical (unpaired) electrons. The highest BCUT2D eigenvalue weighted by molar-refractivity contribution is 7.99. The molecule has 0 spiro atoms. The zero-order chi connectivity index (χ0) is 15.4. The number of benzene rings is 1. The minimum Gasteiger partial charge on any atom is -0.481 e. The molecule has 1 atom stereocenters. The van der Waals surface area contributed by atoms with Crippen LogP contribution in [-0.2, 0) is 11.4 Å². The van der Waals surface area contributed by atoms with Crippen molar-refractivity contribution in [2.75, 3.05) is 5.75 Å². The van der Waals surface area contributed by atoms with Crippen LogP contribution in [0.15, 0.2) is 29.4 Å². The first kappa shape index (κ1) is 15.5. The van der Waals surface area contributed by atoms with Crippen LogP contribution in [0.5, 0.6) is 0 Å². The van der Waals surface area contributed by atoms with E-state index in [1.807, 2.05) is 38.1 Å². The van der Waals surface area contributed by atoms with E-state index in [1.54, 1.807) is 4.57 Å². The van der Waals surface area contributed by atoms with Crippen molar-refractivity contribution in [1.82, 2.24) is 14.8 Å². The van der Waals surface area contributed by atoms with Crippen LogP contribution >= 0.6 is 11.8 Å². The molecule has 0 aliphatic rings. The van der Waals surface area contributed by atoms with Gasteiger partial charge in [0.2, 0.25) is 0 Å². The number of aliphatic carboxylic acids is 1. The van der Waals surface area contributed by atoms with Gasteiger partial charge in [0.15, 0.2) is 11.0 Å². The van der Waals surface area contributed by atoms with Crippen LogP contribution in [0.2, 0.25) is 0 Å². The van der Waals surface area contributed by atoms with Crippen LogP contribution in [0.3, 0.4) is 0 Å². The lowest BCUT2D eigenvalue weighted by molar-refractivity contribution is -0.133. The van der Waals surface area contributed by atoms with E-state index in [2.05, 4.69) is 10.2 Å². The highest BCUT2D eigenvalue weighted by Crippen LogP contribution is 2.26. The highest BCUT2D eigenvalue weighted by atomic mass is 32.2. The number of nitrogens with zero attached hydrogens (tertiary/aromatic N) is 3. The predicted octanol–water partition coefficient (Wildman–Crippen LogP) is 1.86. The predicted molar refractivity (Wildman–Crippen MR) is 79.3 cm³/mol. The van der Waals surface area contributed by atoms with Crippen LogP contribution in [0.25, 0.3) is 0 Å². The van der Waals surface area contributed by atoms with Gasteiger partial charge < -0.3 is 10.2 Å². The Morgan fingerprint density at radius 2 is 2.00 bits per heavy atom. The third-order valence-electron chi connectivity index (χ3n) is 3.15. The molecule has 0 amide bonds. The summed E-state index contributed by atoms with van der Waals surface area (Å²) in [5, 5.41) is 26.6. The van der Waals surface area contributed by atoms with Crippen molar-refractivity contribution in [3.63, 3.8) is 0 Å². The summed E-state index contributed by atoms with van der Waals surface area (Å²) in [5.41, 5.74) is 2.21. The topological polar surface area (TPSA) is 88.2 Å². The van der Waals surface area contributed by atoms with E-state index >= 15 is 0 Å². The van der Waals surface area contributed by atoms with E-state index in [1.165, 1.54) is 0 Å². The molecule has 2 N–H and O–H groups in total. The zero-order valence-electron chi connectivity index (χ0n) is 11.9. The molecule has 1 unspecified atom stereocenters. The molecule has 0 aliphatic heterocycles. The largest absolute Gasteiger partial charge is 0.481 e. The molecular formula is C14H17N3O3S. The molecule has 0 saturated heterocycles. The van der Waals surface area contributed by atoms with E-state index in [9.17, 15) is 9.90 Å². The lowest BCUT2D eigenvalue weighted by atomic mass is 10.1. The van der Waals surface area contributed by atoms with Crippen LogP contribution < -0.4 is 0 Å². The van der Waals surface area contributed by atoms with Crippen LogP contribution in [0.1, 0.15) is 29.9 Å². The number of carboxylic acids is 1. The maximum Gasteiger partial charge on any atom is 0.313 e. The van der Waals surface area contributed by atoms with Gasteiger partial charge in [-0.05, 0) is 19.4 Å². The monoisotopic (exact) mass is 307 g/mol. The molecule has 1 aromatic heterocycles. The fraction of sp³-hybridized carbons (Fsp3) is 0.357. The number of aliphatic hydroxyl groups excluding tert-OH is 1. The normalized spacial score (nSPS) is 12.3. The summed E-state index contributed by atoms with van der Waals surface area (Å²) >= 11 is 1.10. The van der Waals surface area contributed by atoms with Crippen molar-refractivity contribution < 1.29 is 15.0 Å². The second-order valence-corrected chi connectivity index (χ2v) is 5.64. The van der Waals surface area contributed by atoms with Gasteiger partial charge in [-0.1, -0.05) is 41.6 Å². The third-order valence-corrected chi connectivity index (χ3v) is 4.08. The van der Waals surface area contributed by atoms with Crippen molar-refractivity contribution in [3.8, 4) is 0 Å². The van der Waals surface area contributed by atoms with E-state index in [0.29, 0.717) is 11.0 Å². The molecule has 0 bridgehead atoms. The lowest BCUT2D eigenvalue weighted by Crippen LogP contribution is -2.13. The summed E-state index contributed by atoms with van der Waals surface area (Å²) in [7, 11) is 0. The molecule has 1 heterocycles. The van der Waals surface area contributed by atoms with Gasteiger partial charge >= 0.3 is 5.97 Å². The Morgan fingerprint density at radius 3 is 2.57 bits per heavy atom. The van der Waals surface area contributed by atoms with Gasteiger partial charge in [-0.3, -0.25) is 9.36 Å². The third kappa shape index (κ3) is 3.62. The molecule has 1 aromatic carbocycles. The number of carboxylic acid groups (broad SMARTS) is 1. The second-order valence-electron chi connectivity index (χ2n) is 4.70. The summed E-state index contributed by atoms with van der Waals surface area (Å²) in [5.74, 6) is -0.580. The van der Waals surface area contributed by atoms with Crippen LogP contribution in [-0.4, -0.2) is 36.7 Å². The minimum absolute atomic E-state index is 0.0842. The Labute approximate surface area is 126 Å². The van der Waals surface area contributed by atoms with E-state index in [0.717, 1.165) is 22.9 Å². The van der Waals surface area contributed by atoms with Crippen molar-refractivity contribution in [2.45, 2.75) is 31.7 Å². The average Bonchev–Trinajstić information content (AvgIpc) is 2.88.